The molecule has 0 radical (unpaired) electrons. The Kier molecular flexibility index (Phi) is 6.02. The van der Waals surface area contributed by atoms with Crippen molar-refractivity contribution in [2.45, 2.75) is 32.6 Å². The van der Waals surface area contributed by atoms with Crippen molar-refractivity contribution in [1.29, 1.82) is 0 Å². The third kappa shape index (κ3) is 4.64. The first-order valence-electron chi connectivity index (χ1n) is 10.4. The minimum atomic E-state index is -0.120. The fourth-order valence-electron chi connectivity index (χ4n) is 3.99. The van der Waals surface area contributed by atoms with Crippen LogP contribution in [0, 0.1) is 12.8 Å². The number of aromatic nitrogens is 3. The maximum atomic E-state index is 11.1. The Bertz CT molecular complexity index is 998. The number of hydrogen-bond donors (Lipinski definition) is 1. The second-order valence-electron chi connectivity index (χ2n) is 7.90. The van der Waals surface area contributed by atoms with Gasteiger partial charge in [0.15, 0.2) is 12.0 Å². The Morgan fingerprint density at radius 1 is 1.07 bits per heavy atom. The average molecular weight is 402 g/mol. The highest BCUT2D eigenvalue weighted by Gasteiger charge is 2.22. The molecule has 30 heavy (non-hydrogen) atoms. The van der Waals surface area contributed by atoms with Crippen LogP contribution in [0.25, 0.3) is 0 Å². The van der Waals surface area contributed by atoms with Gasteiger partial charge in [0.2, 0.25) is 0 Å². The van der Waals surface area contributed by atoms with Crippen LogP contribution in [0.5, 0.6) is 5.75 Å². The van der Waals surface area contributed by atoms with Crippen molar-refractivity contribution in [2.75, 3.05) is 18.0 Å². The van der Waals surface area contributed by atoms with Gasteiger partial charge in [-0.3, -0.25) is 4.79 Å². The Balaban J connectivity index is 1.33. The van der Waals surface area contributed by atoms with Crippen LogP contribution in [-0.4, -0.2) is 39.4 Å². The summed E-state index contributed by atoms with van der Waals surface area (Å²) in [4.78, 5) is 26.7. The number of aldehydes is 1. The summed E-state index contributed by atoms with van der Waals surface area (Å²) in [6, 6.07) is 14.7. The summed E-state index contributed by atoms with van der Waals surface area (Å²) in [7, 11) is 0. The van der Waals surface area contributed by atoms with E-state index in [2.05, 4.69) is 56.3 Å². The van der Waals surface area contributed by atoms with Gasteiger partial charge in [-0.15, -0.1) is 0 Å². The summed E-state index contributed by atoms with van der Waals surface area (Å²) in [5.74, 6) is 1.99. The average Bonchev–Trinajstić information content (AvgIpc) is 2.78. The second kappa shape index (κ2) is 9.03. The molecule has 0 aliphatic carbocycles. The van der Waals surface area contributed by atoms with E-state index in [1.165, 1.54) is 11.1 Å². The van der Waals surface area contributed by atoms with Crippen LogP contribution in [0.3, 0.4) is 0 Å². The summed E-state index contributed by atoms with van der Waals surface area (Å²) in [6.45, 7) is 3.57. The molecular weight excluding hydrogens is 376 g/mol. The summed E-state index contributed by atoms with van der Waals surface area (Å²) in [6.07, 6.45) is 6.22. The first-order valence-corrected chi connectivity index (χ1v) is 10.4. The molecule has 1 aliphatic rings. The van der Waals surface area contributed by atoms with Gasteiger partial charge in [0.05, 0.1) is 5.69 Å². The lowest BCUT2D eigenvalue weighted by Crippen LogP contribution is -2.35. The molecule has 0 atom stereocenters. The zero-order chi connectivity index (χ0) is 20.9. The van der Waals surface area contributed by atoms with E-state index in [1.54, 1.807) is 6.92 Å². The van der Waals surface area contributed by atoms with Crippen molar-refractivity contribution in [3.63, 3.8) is 0 Å². The number of benzene rings is 1. The van der Waals surface area contributed by atoms with E-state index in [9.17, 15) is 9.90 Å². The molecule has 0 amide bonds. The molecule has 3 aromatic rings. The van der Waals surface area contributed by atoms with E-state index >= 15 is 0 Å². The standard InChI is InChI=1S/C24H26N4O2/c1-17-24(30)21(16-29)27-22(26-17)14-19-9-11-28(12-10-19)23-8-7-20(15-25-23)13-18-5-3-2-4-6-18/h2-8,15-16,19,30H,9-14H2,1H3. The topological polar surface area (TPSA) is 79.2 Å². The van der Waals surface area contributed by atoms with Gasteiger partial charge in [-0.05, 0) is 49.3 Å². The van der Waals surface area contributed by atoms with Gasteiger partial charge in [-0.1, -0.05) is 36.4 Å². The molecular formula is C24H26N4O2. The van der Waals surface area contributed by atoms with Crippen molar-refractivity contribution >= 4 is 12.1 Å². The van der Waals surface area contributed by atoms with Crippen LogP contribution in [0.1, 0.15) is 46.0 Å². The SMILES string of the molecule is Cc1nc(CC2CCN(c3ccc(Cc4ccccc4)cn3)CC2)nc(C=O)c1O. The van der Waals surface area contributed by atoms with Crippen molar-refractivity contribution in [3.8, 4) is 5.75 Å². The lowest BCUT2D eigenvalue weighted by atomic mass is 9.93. The van der Waals surface area contributed by atoms with Crippen LogP contribution in [0.15, 0.2) is 48.7 Å². The number of carbonyl (C=O) groups excluding carboxylic acids is 1. The third-order valence-corrected chi connectivity index (χ3v) is 5.71. The fourth-order valence-corrected chi connectivity index (χ4v) is 3.99. The normalized spacial score (nSPS) is 14.6. The van der Waals surface area contributed by atoms with Crippen LogP contribution >= 0.6 is 0 Å². The fraction of sp³-hybridized carbons (Fsp3) is 0.333. The molecule has 6 heteroatoms. The largest absolute Gasteiger partial charge is 0.504 e. The molecule has 1 aliphatic heterocycles. The first kappa shape index (κ1) is 20.0. The lowest BCUT2D eigenvalue weighted by molar-refractivity contribution is 0.111. The van der Waals surface area contributed by atoms with E-state index in [0.29, 0.717) is 23.7 Å². The summed E-state index contributed by atoms with van der Waals surface area (Å²) < 4.78 is 0. The number of pyridine rings is 1. The van der Waals surface area contributed by atoms with Crippen molar-refractivity contribution in [2.24, 2.45) is 5.92 Å². The number of aryl methyl sites for hydroxylation is 1. The molecule has 0 bridgehead atoms. The molecule has 4 rings (SSSR count). The van der Waals surface area contributed by atoms with E-state index in [0.717, 1.165) is 44.6 Å². The third-order valence-electron chi connectivity index (χ3n) is 5.71. The number of anilines is 1. The van der Waals surface area contributed by atoms with E-state index < -0.39 is 0 Å². The van der Waals surface area contributed by atoms with Gasteiger partial charge in [-0.2, -0.15) is 0 Å². The molecule has 154 valence electrons. The second-order valence-corrected chi connectivity index (χ2v) is 7.90. The molecule has 1 aromatic carbocycles. The summed E-state index contributed by atoms with van der Waals surface area (Å²) in [5.41, 5.74) is 3.04. The van der Waals surface area contributed by atoms with E-state index in [1.807, 2.05) is 12.3 Å². The van der Waals surface area contributed by atoms with Crippen molar-refractivity contribution in [3.05, 3.63) is 77.0 Å². The number of piperidine rings is 1. The maximum Gasteiger partial charge on any atom is 0.172 e. The number of nitrogens with zero attached hydrogens (tertiary/aromatic N) is 4. The first-order chi connectivity index (χ1) is 14.6. The van der Waals surface area contributed by atoms with Gasteiger partial charge < -0.3 is 10.0 Å². The number of carbonyl (C=O) groups is 1. The van der Waals surface area contributed by atoms with Gasteiger partial charge >= 0.3 is 0 Å². The zero-order valence-electron chi connectivity index (χ0n) is 17.2. The van der Waals surface area contributed by atoms with Crippen molar-refractivity contribution in [1.82, 2.24) is 15.0 Å². The predicted octanol–water partition coefficient (Wildman–Crippen LogP) is 3.75. The van der Waals surface area contributed by atoms with Gasteiger partial charge in [-0.25, -0.2) is 15.0 Å². The van der Waals surface area contributed by atoms with Gasteiger partial charge in [0.1, 0.15) is 17.3 Å². The van der Waals surface area contributed by atoms with Gasteiger partial charge in [0, 0.05) is 25.7 Å². The zero-order valence-corrected chi connectivity index (χ0v) is 17.2. The molecule has 1 fully saturated rings. The van der Waals surface area contributed by atoms with E-state index in [-0.39, 0.29) is 11.4 Å². The maximum absolute atomic E-state index is 11.1. The van der Waals surface area contributed by atoms with Crippen LogP contribution in [-0.2, 0) is 12.8 Å². The molecule has 3 heterocycles. The monoisotopic (exact) mass is 402 g/mol. The number of rotatable bonds is 6. The molecule has 2 aromatic heterocycles. The quantitative estimate of drug-likeness (QED) is 0.633. The van der Waals surface area contributed by atoms with Crippen molar-refractivity contribution < 1.29 is 9.90 Å². The van der Waals surface area contributed by atoms with Crippen LogP contribution < -0.4 is 4.90 Å². The Labute approximate surface area is 176 Å². The summed E-state index contributed by atoms with van der Waals surface area (Å²) in [5, 5.41) is 9.82. The Hall–Kier alpha value is -3.28. The lowest BCUT2D eigenvalue weighted by Gasteiger charge is -2.32. The van der Waals surface area contributed by atoms with Gasteiger partial charge in [0.25, 0.3) is 0 Å². The van der Waals surface area contributed by atoms with E-state index in [4.69, 9.17) is 0 Å². The van der Waals surface area contributed by atoms with Crippen LogP contribution in [0.4, 0.5) is 5.82 Å². The minimum absolute atomic E-state index is 0.0785. The highest BCUT2D eigenvalue weighted by atomic mass is 16.3. The Morgan fingerprint density at radius 3 is 2.50 bits per heavy atom. The summed E-state index contributed by atoms with van der Waals surface area (Å²) >= 11 is 0. The predicted molar refractivity (Wildman–Crippen MR) is 116 cm³/mol. The highest BCUT2D eigenvalue weighted by molar-refractivity contribution is 5.76. The molecule has 0 saturated carbocycles. The molecule has 0 spiro atoms. The highest BCUT2D eigenvalue weighted by Crippen LogP contribution is 2.25. The number of hydrogen-bond acceptors (Lipinski definition) is 6. The molecule has 1 N–H and O–H groups in total. The molecule has 6 nitrogen and oxygen atoms in total. The Morgan fingerprint density at radius 2 is 1.83 bits per heavy atom. The number of aromatic hydroxyl groups is 1. The molecule has 0 unspecified atom stereocenters. The smallest absolute Gasteiger partial charge is 0.172 e. The minimum Gasteiger partial charge on any atom is -0.504 e. The van der Waals surface area contributed by atoms with Crippen LogP contribution in [0.2, 0.25) is 0 Å². The molecule has 1 saturated heterocycles.